The fourth-order valence-corrected chi connectivity index (χ4v) is 1.00. The van der Waals surface area contributed by atoms with Gasteiger partial charge >= 0.3 is 0 Å². The smallest absolute Gasteiger partial charge is 0.282 e. The normalized spacial score (nSPS) is 11.3. The molecule has 1 aromatic rings. The Labute approximate surface area is 59.1 Å². The molecular formula is C6H5O3S. The van der Waals surface area contributed by atoms with Crippen molar-refractivity contribution in [1.29, 1.82) is 0 Å². The van der Waals surface area contributed by atoms with Crippen molar-refractivity contribution in [2.45, 2.75) is 4.90 Å². The lowest BCUT2D eigenvalue weighted by molar-refractivity contribution is 0.483. The number of rotatable bonds is 1. The second-order valence-corrected chi connectivity index (χ2v) is 3.09. The summed E-state index contributed by atoms with van der Waals surface area (Å²) in [7, 11) is -4.06. The Bertz CT molecular complexity index is 301. The van der Waals surface area contributed by atoms with E-state index in [1.54, 1.807) is 6.07 Å². The lowest BCUT2D eigenvalue weighted by Gasteiger charge is -1.91. The molecule has 0 aliphatic heterocycles. The summed E-state index contributed by atoms with van der Waals surface area (Å²) in [5.74, 6) is 0. The molecule has 0 spiro atoms. The van der Waals surface area contributed by atoms with Gasteiger partial charge in [-0.25, -0.2) is 0 Å². The third-order valence-corrected chi connectivity index (χ3v) is 1.77. The van der Waals surface area contributed by atoms with E-state index < -0.39 is 10.1 Å². The minimum atomic E-state index is -4.06. The zero-order valence-corrected chi connectivity index (χ0v) is 5.80. The summed E-state index contributed by atoms with van der Waals surface area (Å²) >= 11 is 0. The molecule has 1 N–H and O–H groups in total. The van der Waals surface area contributed by atoms with Crippen LogP contribution in [0.5, 0.6) is 0 Å². The van der Waals surface area contributed by atoms with Crippen LogP contribution in [0.3, 0.4) is 0 Å². The summed E-state index contributed by atoms with van der Waals surface area (Å²) in [6, 6.07) is 8.20. The van der Waals surface area contributed by atoms with E-state index in [0.29, 0.717) is 0 Å². The predicted octanol–water partition coefficient (Wildman–Crippen LogP) is 0.733. The molecule has 0 heterocycles. The molecule has 0 aromatic heterocycles. The lowest BCUT2D eigenvalue weighted by atomic mass is 10.4. The average Bonchev–Trinajstić information content (AvgIpc) is 1.88. The lowest BCUT2D eigenvalue weighted by Crippen LogP contribution is -1.96. The maximum absolute atomic E-state index is 10.4. The SMILES string of the molecule is O=S(=O)(O)c1[c]cccc1. The highest BCUT2D eigenvalue weighted by molar-refractivity contribution is 7.85. The van der Waals surface area contributed by atoms with E-state index in [9.17, 15) is 8.42 Å². The van der Waals surface area contributed by atoms with Gasteiger partial charge in [-0.05, 0) is 6.07 Å². The van der Waals surface area contributed by atoms with Gasteiger partial charge in [0.25, 0.3) is 10.1 Å². The molecule has 0 fully saturated rings. The fourth-order valence-electron chi connectivity index (χ4n) is 0.537. The molecule has 0 aliphatic carbocycles. The molecule has 0 amide bonds. The Hall–Kier alpha value is -0.870. The van der Waals surface area contributed by atoms with Gasteiger partial charge in [-0.15, -0.1) is 0 Å². The number of hydrogen-bond acceptors (Lipinski definition) is 2. The molecule has 0 saturated heterocycles. The standard InChI is InChI=1S/C6H5O3S/c7-10(8,9)6-4-2-1-3-5-6/h1-4H,(H,7,8,9). The molecule has 3 nitrogen and oxygen atoms in total. The Morgan fingerprint density at radius 1 is 1.40 bits per heavy atom. The van der Waals surface area contributed by atoms with Crippen molar-refractivity contribution in [1.82, 2.24) is 0 Å². The highest BCUT2D eigenvalue weighted by Gasteiger charge is 2.06. The average molecular weight is 157 g/mol. The summed E-state index contributed by atoms with van der Waals surface area (Å²) in [5.41, 5.74) is 0. The van der Waals surface area contributed by atoms with Crippen LogP contribution in [0.1, 0.15) is 0 Å². The summed E-state index contributed by atoms with van der Waals surface area (Å²) in [6.07, 6.45) is 0. The quantitative estimate of drug-likeness (QED) is 0.611. The van der Waals surface area contributed by atoms with Crippen LogP contribution in [0.25, 0.3) is 0 Å². The van der Waals surface area contributed by atoms with Crippen LogP contribution in [0.2, 0.25) is 0 Å². The van der Waals surface area contributed by atoms with Gasteiger partial charge in [-0.3, -0.25) is 4.55 Å². The molecule has 0 aliphatic rings. The van der Waals surface area contributed by atoms with E-state index in [2.05, 4.69) is 6.07 Å². The van der Waals surface area contributed by atoms with E-state index >= 15 is 0 Å². The predicted molar refractivity (Wildman–Crippen MR) is 35.1 cm³/mol. The van der Waals surface area contributed by atoms with Crippen LogP contribution < -0.4 is 0 Å². The van der Waals surface area contributed by atoms with Gasteiger partial charge in [-0.1, -0.05) is 18.2 Å². The van der Waals surface area contributed by atoms with Crippen molar-refractivity contribution in [3.63, 3.8) is 0 Å². The summed E-state index contributed by atoms with van der Waals surface area (Å²) < 4.78 is 29.1. The largest absolute Gasteiger partial charge is 0.295 e. The van der Waals surface area contributed by atoms with Gasteiger partial charge in [0.15, 0.2) is 0 Å². The fraction of sp³-hybridized carbons (Fsp3) is 0. The molecule has 0 unspecified atom stereocenters. The van der Waals surface area contributed by atoms with Gasteiger partial charge in [0.05, 0.1) is 0 Å². The number of benzene rings is 1. The van der Waals surface area contributed by atoms with E-state index in [-0.39, 0.29) is 4.90 Å². The van der Waals surface area contributed by atoms with Crippen molar-refractivity contribution in [3.8, 4) is 0 Å². The molecule has 0 bridgehead atoms. The zero-order chi connectivity index (χ0) is 7.61. The van der Waals surface area contributed by atoms with Crippen LogP contribution in [0.4, 0.5) is 0 Å². The Morgan fingerprint density at radius 3 is 2.40 bits per heavy atom. The van der Waals surface area contributed by atoms with E-state index in [0.717, 1.165) is 0 Å². The van der Waals surface area contributed by atoms with Crippen molar-refractivity contribution in [2.24, 2.45) is 0 Å². The Morgan fingerprint density at radius 2 is 2.10 bits per heavy atom. The van der Waals surface area contributed by atoms with Gasteiger partial charge < -0.3 is 0 Å². The van der Waals surface area contributed by atoms with Crippen molar-refractivity contribution in [2.75, 3.05) is 0 Å². The highest BCUT2D eigenvalue weighted by atomic mass is 32.2. The van der Waals surface area contributed by atoms with Gasteiger partial charge in [-0.2, -0.15) is 8.42 Å². The molecule has 0 atom stereocenters. The minimum Gasteiger partial charge on any atom is -0.282 e. The van der Waals surface area contributed by atoms with E-state index in [1.165, 1.54) is 18.2 Å². The second kappa shape index (κ2) is 2.40. The molecule has 53 valence electrons. The molecule has 1 rings (SSSR count). The first-order chi connectivity index (χ1) is 4.61. The van der Waals surface area contributed by atoms with E-state index in [1.807, 2.05) is 0 Å². The summed E-state index contributed by atoms with van der Waals surface area (Å²) in [5, 5.41) is 0. The summed E-state index contributed by atoms with van der Waals surface area (Å²) in [6.45, 7) is 0. The van der Waals surface area contributed by atoms with Crippen LogP contribution in [0, 0.1) is 6.07 Å². The highest BCUT2D eigenvalue weighted by Crippen LogP contribution is 2.04. The van der Waals surface area contributed by atoms with Crippen LogP contribution >= 0.6 is 0 Å². The summed E-state index contributed by atoms with van der Waals surface area (Å²) in [4.78, 5) is -0.199. The van der Waals surface area contributed by atoms with Crippen molar-refractivity contribution < 1.29 is 13.0 Å². The van der Waals surface area contributed by atoms with Crippen LogP contribution in [-0.4, -0.2) is 13.0 Å². The van der Waals surface area contributed by atoms with Gasteiger partial charge in [0.2, 0.25) is 0 Å². The maximum Gasteiger partial charge on any atom is 0.295 e. The molecule has 4 heteroatoms. The first kappa shape index (κ1) is 7.24. The zero-order valence-electron chi connectivity index (χ0n) is 4.98. The molecule has 1 radical (unpaired) electrons. The third-order valence-electron chi connectivity index (χ3n) is 0.958. The Balaban J connectivity index is 3.22. The molecular weight excluding hydrogens is 152 g/mol. The first-order valence-electron chi connectivity index (χ1n) is 2.55. The van der Waals surface area contributed by atoms with Gasteiger partial charge in [0.1, 0.15) is 4.90 Å². The second-order valence-electron chi connectivity index (χ2n) is 1.70. The monoisotopic (exact) mass is 157 g/mol. The topological polar surface area (TPSA) is 54.4 Å². The van der Waals surface area contributed by atoms with Crippen LogP contribution in [0.15, 0.2) is 29.2 Å². The molecule has 10 heavy (non-hydrogen) atoms. The molecule has 0 saturated carbocycles. The third kappa shape index (κ3) is 1.55. The van der Waals surface area contributed by atoms with E-state index in [4.69, 9.17) is 4.55 Å². The van der Waals surface area contributed by atoms with Crippen molar-refractivity contribution in [3.05, 3.63) is 30.3 Å². The van der Waals surface area contributed by atoms with Crippen LogP contribution in [-0.2, 0) is 10.1 Å². The maximum atomic E-state index is 10.4. The number of hydrogen-bond donors (Lipinski definition) is 1. The minimum absolute atomic E-state index is 0.199. The van der Waals surface area contributed by atoms with Crippen molar-refractivity contribution >= 4 is 10.1 Å². The van der Waals surface area contributed by atoms with Gasteiger partial charge in [0, 0.05) is 6.07 Å². The first-order valence-corrected chi connectivity index (χ1v) is 3.99. The molecule has 1 aromatic carbocycles. The Kier molecular flexibility index (Phi) is 1.74.